The molecule has 0 aliphatic carbocycles. The van der Waals surface area contributed by atoms with Gasteiger partial charge in [0.1, 0.15) is 0 Å². The van der Waals surface area contributed by atoms with Crippen LogP contribution in [-0.4, -0.2) is 28.1 Å². The molecule has 0 atom stereocenters. The van der Waals surface area contributed by atoms with Gasteiger partial charge in [0.15, 0.2) is 0 Å². The highest BCUT2D eigenvalue weighted by molar-refractivity contribution is 7.87. The van der Waals surface area contributed by atoms with Crippen LogP contribution in [0.4, 0.5) is 5.69 Å². The van der Waals surface area contributed by atoms with Crippen LogP contribution in [0.3, 0.4) is 0 Å². The second kappa shape index (κ2) is 7.24. The van der Waals surface area contributed by atoms with Crippen LogP contribution in [0.2, 0.25) is 0 Å². The summed E-state index contributed by atoms with van der Waals surface area (Å²) in [5.74, 6) is 0.298. The van der Waals surface area contributed by atoms with Crippen LogP contribution in [0.5, 0.6) is 0 Å². The quantitative estimate of drug-likeness (QED) is 0.717. The predicted octanol–water partition coefficient (Wildman–Crippen LogP) is 1.67. The maximum Gasteiger partial charge on any atom is 0.276 e. The molecule has 0 aromatic heterocycles. The minimum atomic E-state index is -3.39. The molecular weight excluding hydrogens is 286 g/mol. The molecule has 6 heteroatoms. The lowest BCUT2D eigenvalue weighted by molar-refractivity contribution is 0.547. The summed E-state index contributed by atoms with van der Waals surface area (Å²) in [4.78, 5) is 0. The molecule has 5 nitrogen and oxygen atoms in total. The van der Waals surface area contributed by atoms with E-state index in [9.17, 15) is 8.42 Å². The molecule has 0 saturated carbocycles. The number of hydrogen-bond donors (Lipinski definition) is 3. The van der Waals surface area contributed by atoms with Gasteiger partial charge in [0.2, 0.25) is 0 Å². The van der Waals surface area contributed by atoms with E-state index in [1.165, 1.54) is 16.8 Å². The zero-order valence-corrected chi connectivity index (χ0v) is 13.6. The average molecular weight is 311 g/mol. The summed E-state index contributed by atoms with van der Waals surface area (Å²) in [6.45, 7) is 5.81. The molecule has 0 fully saturated rings. The molecule has 1 aromatic carbocycles. The highest BCUT2D eigenvalue weighted by Gasteiger charge is 2.13. The maximum absolute atomic E-state index is 11.8. The molecule has 0 radical (unpaired) electrons. The van der Waals surface area contributed by atoms with Gasteiger partial charge in [-0.05, 0) is 36.3 Å². The zero-order chi connectivity index (χ0) is 15.3. The summed E-state index contributed by atoms with van der Waals surface area (Å²) in [7, 11) is -3.39. The van der Waals surface area contributed by atoms with E-state index >= 15 is 0 Å². The molecule has 1 aromatic rings. The molecule has 0 unspecified atom stereocenters. The van der Waals surface area contributed by atoms with Gasteiger partial charge in [0, 0.05) is 25.3 Å². The molecule has 0 amide bonds. The third kappa shape index (κ3) is 4.98. The number of rotatable bonds is 7. The van der Waals surface area contributed by atoms with Crippen molar-refractivity contribution in [2.45, 2.75) is 33.1 Å². The van der Waals surface area contributed by atoms with Gasteiger partial charge in [-0.2, -0.15) is 8.42 Å². The van der Waals surface area contributed by atoms with E-state index in [1.54, 1.807) is 0 Å². The fourth-order valence-corrected chi connectivity index (χ4v) is 3.46. The second-order valence-corrected chi connectivity index (χ2v) is 7.46. The largest absolute Gasteiger partial charge is 0.385 e. The van der Waals surface area contributed by atoms with Crippen molar-refractivity contribution in [3.05, 3.63) is 29.3 Å². The van der Waals surface area contributed by atoms with Gasteiger partial charge < -0.3 is 5.32 Å². The number of anilines is 1. The smallest absolute Gasteiger partial charge is 0.276 e. The summed E-state index contributed by atoms with van der Waals surface area (Å²) in [6.07, 6.45) is 2.94. The van der Waals surface area contributed by atoms with Crippen LogP contribution in [0.25, 0.3) is 0 Å². The van der Waals surface area contributed by atoms with Gasteiger partial charge in [-0.3, -0.25) is 0 Å². The van der Waals surface area contributed by atoms with E-state index in [1.807, 2.05) is 19.9 Å². The number of aryl methyl sites for hydroxylation is 1. The molecule has 0 bridgehead atoms. The molecule has 1 aliphatic rings. The molecule has 1 heterocycles. The maximum atomic E-state index is 11.8. The molecule has 1 aliphatic heterocycles. The van der Waals surface area contributed by atoms with Gasteiger partial charge in [-0.25, -0.2) is 9.44 Å². The first-order chi connectivity index (χ1) is 9.98. The predicted molar refractivity (Wildman–Crippen MR) is 86.7 cm³/mol. The van der Waals surface area contributed by atoms with E-state index in [-0.39, 0.29) is 0 Å². The van der Waals surface area contributed by atoms with Crippen molar-refractivity contribution in [1.29, 1.82) is 0 Å². The Labute approximate surface area is 127 Å². The van der Waals surface area contributed by atoms with E-state index in [0.29, 0.717) is 25.4 Å². The van der Waals surface area contributed by atoms with Crippen LogP contribution < -0.4 is 14.8 Å². The summed E-state index contributed by atoms with van der Waals surface area (Å²) in [5, 5.41) is 3.43. The minimum Gasteiger partial charge on any atom is -0.385 e. The van der Waals surface area contributed by atoms with Gasteiger partial charge in [0.25, 0.3) is 10.2 Å². The Hall–Kier alpha value is -1.11. The lowest BCUT2D eigenvalue weighted by Gasteiger charge is -2.21. The number of para-hydroxylation sites is 1. The number of hydrogen-bond acceptors (Lipinski definition) is 3. The summed E-state index contributed by atoms with van der Waals surface area (Å²) in [5.41, 5.74) is 3.70. The molecule has 0 saturated heterocycles. The van der Waals surface area contributed by atoms with E-state index < -0.39 is 10.2 Å². The minimum absolute atomic E-state index is 0.298. The first-order valence-corrected chi connectivity index (χ1v) is 9.05. The Morgan fingerprint density at radius 2 is 2.10 bits per heavy atom. The molecule has 2 rings (SSSR count). The Kier molecular flexibility index (Phi) is 5.61. The Morgan fingerprint density at radius 3 is 2.86 bits per heavy atom. The Bertz CT molecular complexity index is 570. The number of benzene rings is 1. The number of nitrogens with one attached hydrogen (secondary N) is 3. The van der Waals surface area contributed by atoms with Crippen molar-refractivity contribution in [3.63, 3.8) is 0 Å². The Balaban J connectivity index is 1.89. The fraction of sp³-hybridized carbons (Fsp3) is 0.600. The number of fused-ring (bicyclic) bond motifs is 1. The van der Waals surface area contributed by atoms with E-state index in [4.69, 9.17) is 0 Å². The molecule has 0 spiro atoms. The lowest BCUT2D eigenvalue weighted by Crippen LogP contribution is -2.39. The second-order valence-electron chi connectivity index (χ2n) is 5.87. The van der Waals surface area contributed by atoms with Crippen molar-refractivity contribution in [2.75, 3.05) is 25.0 Å². The van der Waals surface area contributed by atoms with Crippen molar-refractivity contribution >= 4 is 15.9 Å². The van der Waals surface area contributed by atoms with Crippen molar-refractivity contribution in [1.82, 2.24) is 9.44 Å². The topological polar surface area (TPSA) is 70.2 Å². The molecule has 21 heavy (non-hydrogen) atoms. The van der Waals surface area contributed by atoms with Gasteiger partial charge in [-0.1, -0.05) is 32.0 Å². The standard InChI is InChI=1S/C15H25N3O2S/c1-12(2)11-18-21(19,20)17-10-8-14-6-3-5-13-7-4-9-16-15(13)14/h3,5-6,12,16-18H,4,7-11H2,1-2H3. The fourth-order valence-electron chi connectivity index (χ4n) is 2.44. The lowest BCUT2D eigenvalue weighted by atomic mass is 9.98. The highest BCUT2D eigenvalue weighted by Crippen LogP contribution is 2.26. The van der Waals surface area contributed by atoms with Crippen molar-refractivity contribution < 1.29 is 8.42 Å². The highest BCUT2D eigenvalue weighted by atomic mass is 32.2. The van der Waals surface area contributed by atoms with Gasteiger partial charge >= 0.3 is 0 Å². The summed E-state index contributed by atoms with van der Waals surface area (Å²) in [6, 6.07) is 6.25. The monoisotopic (exact) mass is 311 g/mol. The van der Waals surface area contributed by atoms with Crippen LogP contribution in [0.15, 0.2) is 18.2 Å². The zero-order valence-electron chi connectivity index (χ0n) is 12.8. The third-order valence-electron chi connectivity index (χ3n) is 3.53. The van der Waals surface area contributed by atoms with E-state index in [0.717, 1.165) is 19.4 Å². The summed E-state index contributed by atoms with van der Waals surface area (Å²) >= 11 is 0. The van der Waals surface area contributed by atoms with Crippen LogP contribution >= 0.6 is 0 Å². The first kappa shape index (κ1) is 16.3. The summed E-state index contributed by atoms with van der Waals surface area (Å²) < 4.78 is 28.7. The van der Waals surface area contributed by atoms with Gasteiger partial charge in [0.05, 0.1) is 0 Å². The van der Waals surface area contributed by atoms with Crippen LogP contribution in [0, 0.1) is 5.92 Å². The van der Waals surface area contributed by atoms with Crippen molar-refractivity contribution in [3.8, 4) is 0 Å². The third-order valence-corrected chi connectivity index (χ3v) is 4.66. The SMILES string of the molecule is CC(C)CNS(=O)(=O)NCCc1cccc2c1NCCC2. The average Bonchev–Trinajstić information content (AvgIpc) is 2.45. The molecular formula is C15H25N3O2S. The molecule has 118 valence electrons. The Morgan fingerprint density at radius 1 is 1.29 bits per heavy atom. The van der Waals surface area contributed by atoms with Gasteiger partial charge in [-0.15, -0.1) is 0 Å². The van der Waals surface area contributed by atoms with Crippen LogP contribution in [0.1, 0.15) is 31.4 Å². The normalized spacial score (nSPS) is 14.8. The van der Waals surface area contributed by atoms with Crippen molar-refractivity contribution in [2.24, 2.45) is 5.92 Å². The van der Waals surface area contributed by atoms with E-state index in [2.05, 4.69) is 26.9 Å². The first-order valence-electron chi connectivity index (χ1n) is 7.57. The molecule has 3 N–H and O–H groups in total. The van der Waals surface area contributed by atoms with Crippen LogP contribution in [-0.2, 0) is 23.1 Å².